The van der Waals surface area contributed by atoms with E-state index in [1.165, 1.54) is 18.2 Å². The molecule has 1 saturated carbocycles. The first-order valence-electron chi connectivity index (χ1n) is 6.02. The van der Waals surface area contributed by atoms with Gasteiger partial charge in [-0.2, -0.15) is 0 Å². The van der Waals surface area contributed by atoms with Gasteiger partial charge in [0.2, 0.25) is 10.0 Å². The number of carbonyl (C=O) groups is 1. The van der Waals surface area contributed by atoms with Crippen LogP contribution in [0.25, 0.3) is 0 Å². The summed E-state index contributed by atoms with van der Waals surface area (Å²) < 4.78 is 28.2. The number of nitrogens with two attached hydrogens (primary N) is 1. The fourth-order valence-electron chi connectivity index (χ4n) is 1.64. The lowest BCUT2D eigenvalue weighted by Crippen LogP contribution is -2.26. The fourth-order valence-corrected chi connectivity index (χ4v) is 2.34. The van der Waals surface area contributed by atoms with Crippen LogP contribution in [0.4, 0.5) is 0 Å². The molecule has 0 bridgehead atoms. The smallest absolute Gasteiger partial charge is 0.251 e. The summed E-state index contributed by atoms with van der Waals surface area (Å²) in [6.07, 6.45) is 1.93. The summed E-state index contributed by atoms with van der Waals surface area (Å²) in [5.41, 5.74) is 0.263. The van der Waals surface area contributed by atoms with Crippen LogP contribution >= 0.6 is 0 Å². The Morgan fingerprint density at radius 3 is 2.68 bits per heavy atom. The summed E-state index contributed by atoms with van der Waals surface area (Å²) in [5, 5.41) is 7.92. The minimum atomic E-state index is -3.93. The van der Waals surface area contributed by atoms with E-state index in [-0.39, 0.29) is 28.2 Å². The molecule has 1 aliphatic rings. The average Bonchev–Trinajstić information content (AvgIpc) is 3.12. The third-order valence-corrected chi connectivity index (χ3v) is 3.66. The maximum atomic E-state index is 11.9. The van der Waals surface area contributed by atoms with Gasteiger partial charge in [-0.1, -0.05) is 0 Å². The van der Waals surface area contributed by atoms with Crippen molar-refractivity contribution in [2.75, 3.05) is 6.61 Å². The van der Waals surface area contributed by atoms with E-state index in [1.807, 2.05) is 0 Å². The van der Waals surface area contributed by atoms with Crippen LogP contribution in [0, 0.1) is 0 Å². The van der Waals surface area contributed by atoms with Crippen LogP contribution in [-0.2, 0) is 10.0 Å². The second-order valence-electron chi connectivity index (χ2n) is 4.39. The van der Waals surface area contributed by atoms with E-state index in [0.717, 1.165) is 12.8 Å². The van der Waals surface area contributed by atoms with E-state index in [2.05, 4.69) is 5.32 Å². The number of carbonyl (C=O) groups excluding carboxylic acids is 1. The third-order valence-electron chi connectivity index (χ3n) is 2.72. The van der Waals surface area contributed by atoms with Gasteiger partial charge in [-0.25, -0.2) is 13.6 Å². The van der Waals surface area contributed by atoms with Crippen LogP contribution in [0.3, 0.4) is 0 Å². The molecule has 0 radical (unpaired) electrons. The van der Waals surface area contributed by atoms with Crippen LogP contribution in [0.2, 0.25) is 0 Å². The second kappa shape index (κ2) is 5.18. The van der Waals surface area contributed by atoms with Gasteiger partial charge in [-0.05, 0) is 38.0 Å². The zero-order chi connectivity index (χ0) is 14.0. The Kier molecular flexibility index (Phi) is 3.77. The van der Waals surface area contributed by atoms with Gasteiger partial charge in [0.15, 0.2) is 0 Å². The van der Waals surface area contributed by atoms with Crippen molar-refractivity contribution in [1.82, 2.24) is 5.32 Å². The quantitative estimate of drug-likeness (QED) is 0.828. The van der Waals surface area contributed by atoms with E-state index < -0.39 is 10.0 Å². The molecular formula is C12H16N2O4S. The van der Waals surface area contributed by atoms with Crippen LogP contribution in [-0.4, -0.2) is 27.0 Å². The van der Waals surface area contributed by atoms with Crippen molar-refractivity contribution in [3.8, 4) is 5.75 Å². The molecule has 0 spiro atoms. The molecule has 3 N–H and O–H groups in total. The van der Waals surface area contributed by atoms with Gasteiger partial charge in [0.1, 0.15) is 10.6 Å². The number of nitrogens with one attached hydrogen (secondary N) is 1. The number of rotatable bonds is 5. The first-order chi connectivity index (χ1) is 8.91. The molecular weight excluding hydrogens is 268 g/mol. The molecule has 0 aliphatic heterocycles. The summed E-state index contributed by atoms with van der Waals surface area (Å²) in [4.78, 5) is 11.7. The number of primary sulfonamides is 1. The summed E-state index contributed by atoms with van der Waals surface area (Å²) in [7, 11) is -3.93. The van der Waals surface area contributed by atoms with E-state index >= 15 is 0 Å². The average molecular weight is 284 g/mol. The van der Waals surface area contributed by atoms with Crippen LogP contribution in [0.5, 0.6) is 5.75 Å². The van der Waals surface area contributed by atoms with Gasteiger partial charge < -0.3 is 10.1 Å². The molecule has 0 heterocycles. The maximum absolute atomic E-state index is 11.9. The summed E-state index contributed by atoms with van der Waals surface area (Å²) in [5.74, 6) is -0.136. The molecule has 1 amide bonds. The molecule has 1 fully saturated rings. The topological polar surface area (TPSA) is 98.5 Å². The largest absolute Gasteiger partial charge is 0.492 e. The van der Waals surface area contributed by atoms with Gasteiger partial charge in [0.25, 0.3) is 5.91 Å². The highest BCUT2D eigenvalue weighted by molar-refractivity contribution is 7.89. The second-order valence-corrected chi connectivity index (χ2v) is 5.92. The van der Waals surface area contributed by atoms with Crippen molar-refractivity contribution in [3.63, 3.8) is 0 Å². The lowest BCUT2D eigenvalue weighted by molar-refractivity contribution is 0.0951. The van der Waals surface area contributed by atoms with Crippen molar-refractivity contribution in [2.45, 2.75) is 30.7 Å². The van der Waals surface area contributed by atoms with Crippen LogP contribution in [0.15, 0.2) is 23.1 Å². The van der Waals surface area contributed by atoms with E-state index in [0.29, 0.717) is 6.61 Å². The molecule has 2 rings (SSSR count). The van der Waals surface area contributed by atoms with Gasteiger partial charge in [-0.3, -0.25) is 4.79 Å². The summed E-state index contributed by atoms with van der Waals surface area (Å²) in [6, 6.07) is 4.43. The van der Waals surface area contributed by atoms with Gasteiger partial charge >= 0.3 is 0 Å². The lowest BCUT2D eigenvalue weighted by atomic mass is 10.2. The molecule has 1 aromatic rings. The van der Waals surface area contributed by atoms with Crippen molar-refractivity contribution in [3.05, 3.63) is 23.8 Å². The van der Waals surface area contributed by atoms with Gasteiger partial charge in [0.05, 0.1) is 6.61 Å². The molecule has 0 aromatic heterocycles. The highest BCUT2D eigenvalue weighted by Gasteiger charge is 2.25. The number of benzene rings is 1. The Bertz CT molecular complexity index is 594. The fraction of sp³-hybridized carbons (Fsp3) is 0.417. The van der Waals surface area contributed by atoms with Crippen LogP contribution in [0.1, 0.15) is 30.1 Å². The van der Waals surface area contributed by atoms with E-state index in [1.54, 1.807) is 6.92 Å². The highest BCUT2D eigenvalue weighted by Crippen LogP contribution is 2.25. The zero-order valence-electron chi connectivity index (χ0n) is 10.5. The van der Waals surface area contributed by atoms with Gasteiger partial charge in [0, 0.05) is 11.6 Å². The summed E-state index contributed by atoms with van der Waals surface area (Å²) >= 11 is 0. The predicted molar refractivity (Wildman–Crippen MR) is 69.5 cm³/mol. The third kappa shape index (κ3) is 3.45. The number of hydrogen-bond donors (Lipinski definition) is 2. The molecule has 6 nitrogen and oxygen atoms in total. The SMILES string of the molecule is CCOc1ccc(C(=O)NC2CC2)cc1S(N)(=O)=O. The molecule has 104 valence electrons. The maximum Gasteiger partial charge on any atom is 0.251 e. The first kappa shape index (κ1) is 13.8. The zero-order valence-corrected chi connectivity index (χ0v) is 11.4. The Morgan fingerprint density at radius 2 is 2.16 bits per heavy atom. The number of ether oxygens (including phenoxy) is 1. The first-order valence-corrected chi connectivity index (χ1v) is 7.57. The Labute approximate surface area is 112 Å². The number of sulfonamides is 1. The normalized spacial score (nSPS) is 15.1. The van der Waals surface area contributed by atoms with Crippen molar-refractivity contribution in [1.29, 1.82) is 0 Å². The van der Waals surface area contributed by atoms with E-state index in [9.17, 15) is 13.2 Å². The van der Waals surface area contributed by atoms with Crippen molar-refractivity contribution < 1.29 is 17.9 Å². The lowest BCUT2D eigenvalue weighted by Gasteiger charge is -2.10. The Hall–Kier alpha value is -1.60. The predicted octanol–water partition coefficient (Wildman–Crippen LogP) is 0.625. The number of hydrogen-bond acceptors (Lipinski definition) is 4. The standard InChI is InChI=1S/C12H16N2O4S/c1-2-18-10-6-3-8(7-11(10)19(13,16)17)12(15)14-9-4-5-9/h3,6-7,9H,2,4-5H2,1H3,(H,14,15)(H2,13,16,17). The Morgan fingerprint density at radius 1 is 1.47 bits per heavy atom. The molecule has 1 aromatic carbocycles. The van der Waals surface area contributed by atoms with Crippen molar-refractivity contribution >= 4 is 15.9 Å². The van der Waals surface area contributed by atoms with E-state index in [4.69, 9.17) is 9.88 Å². The van der Waals surface area contributed by atoms with Gasteiger partial charge in [-0.15, -0.1) is 0 Å². The number of amides is 1. The van der Waals surface area contributed by atoms with Crippen molar-refractivity contribution in [2.24, 2.45) is 5.14 Å². The molecule has 0 unspecified atom stereocenters. The molecule has 0 saturated heterocycles. The minimum absolute atomic E-state index is 0.160. The van der Waals surface area contributed by atoms with Crippen LogP contribution < -0.4 is 15.2 Å². The Balaban J connectivity index is 2.34. The molecule has 0 atom stereocenters. The minimum Gasteiger partial charge on any atom is -0.492 e. The molecule has 19 heavy (non-hydrogen) atoms. The molecule has 1 aliphatic carbocycles. The summed E-state index contributed by atoms with van der Waals surface area (Å²) in [6.45, 7) is 2.05. The monoisotopic (exact) mass is 284 g/mol. The molecule has 7 heteroatoms. The highest BCUT2D eigenvalue weighted by atomic mass is 32.2.